The van der Waals surface area contributed by atoms with E-state index >= 15 is 0 Å². The summed E-state index contributed by atoms with van der Waals surface area (Å²) >= 11 is 0. The van der Waals surface area contributed by atoms with Crippen molar-refractivity contribution in [2.45, 2.75) is 64.5 Å². The SMILES string of the molecule is Cc1cc(C(C)NC(=O)C2(N)CCCCC2)c(C)o1. The van der Waals surface area contributed by atoms with Gasteiger partial charge in [-0.1, -0.05) is 19.3 Å². The van der Waals surface area contributed by atoms with Crippen molar-refractivity contribution in [3.63, 3.8) is 0 Å². The van der Waals surface area contributed by atoms with E-state index < -0.39 is 5.54 Å². The van der Waals surface area contributed by atoms with Crippen molar-refractivity contribution >= 4 is 5.91 Å². The third-order valence-electron chi connectivity index (χ3n) is 4.09. The second-order valence-corrected chi connectivity index (χ2v) is 5.78. The van der Waals surface area contributed by atoms with Gasteiger partial charge >= 0.3 is 0 Å². The molecule has 0 radical (unpaired) electrons. The minimum atomic E-state index is -0.681. The van der Waals surface area contributed by atoms with Crippen LogP contribution >= 0.6 is 0 Å². The Hall–Kier alpha value is -1.29. The van der Waals surface area contributed by atoms with Gasteiger partial charge in [-0.3, -0.25) is 4.79 Å². The highest BCUT2D eigenvalue weighted by Crippen LogP contribution is 2.28. The van der Waals surface area contributed by atoms with Gasteiger partial charge in [0.25, 0.3) is 0 Å². The molecule has 1 heterocycles. The lowest BCUT2D eigenvalue weighted by Crippen LogP contribution is -2.55. The molecule has 1 fully saturated rings. The minimum absolute atomic E-state index is 0.0297. The number of carbonyl (C=O) groups is 1. The van der Waals surface area contributed by atoms with E-state index in [1.165, 1.54) is 6.42 Å². The molecule has 106 valence electrons. The zero-order chi connectivity index (χ0) is 14.0. The minimum Gasteiger partial charge on any atom is -0.466 e. The zero-order valence-corrected chi connectivity index (χ0v) is 12.1. The molecule has 0 spiro atoms. The van der Waals surface area contributed by atoms with Crippen LogP contribution < -0.4 is 11.1 Å². The molecule has 2 rings (SSSR count). The number of hydrogen-bond acceptors (Lipinski definition) is 3. The molecular weight excluding hydrogens is 240 g/mol. The topological polar surface area (TPSA) is 68.3 Å². The summed E-state index contributed by atoms with van der Waals surface area (Å²) < 4.78 is 5.51. The third kappa shape index (κ3) is 3.00. The first-order valence-electron chi connectivity index (χ1n) is 7.09. The molecular formula is C15H24N2O2. The van der Waals surface area contributed by atoms with E-state index in [-0.39, 0.29) is 11.9 Å². The summed E-state index contributed by atoms with van der Waals surface area (Å²) in [4.78, 5) is 12.4. The first-order valence-corrected chi connectivity index (χ1v) is 7.09. The molecule has 1 aromatic rings. The molecule has 0 saturated heterocycles. The number of furan rings is 1. The fourth-order valence-corrected chi connectivity index (χ4v) is 2.91. The van der Waals surface area contributed by atoms with Crippen molar-refractivity contribution in [1.82, 2.24) is 5.32 Å². The fraction of sp³-hybridized carbons (Fsp3) is 0.667. The summed E-state index contributed by atoms with van der Waals surface area (Å²) in [7, 11) is 0. The molecule has 1 unspecified atom stereocenters. The van der Waals surface area contributed by atoms with E-state index in [0.29, 0.717) is 0 Å². The monoisotopic (exact) mass is 264 g/mol. The maximum atomic E-state index is 12.4. The molecule has 1 atom stereocenters. The van der Waals surface area contributed by atoms with Crippen LogP contribution in [0.4, 0.5) is 0 Å². The van der Waals surface area contributed by atoms with E-state index in [4.69, 9.17) is 10.2 Å². The van der Waals surface area contributed by atoms with Crippen LogP contribution in [0.5, 0.6) is 0 Å². The first-order chi connectivity index (χ1) is 8.92. The van der Waals surface area contributed by atoms with Crippen LogP contribution in [-0.2, 0) is 4.79 Å². The van der Waals surface area contributed by atoms with Gasteiger partial charge in [0.05, 0.1) is 11.6 Å². The summed E-state index contributed by atoms with van der Waals surface area (Å²) in [6, 6.07) is 1.91. The van der Waals surface area contributed by atoms with E-state index in [0.717, 1.165) is 42.8 Å². The summed E-state index contributed by atoms with van der Waals surface area (Å²) in [5, 5.41) is 3.04. The highest BCUT2D eigenvalue weighted by molar-refractivity contribution is 5.86. The predicted molar refractivity (Wildman–Crippen MR) is 74.7 cm³/mol. The normalized spacial score (nSPS) is 20.0. The van der Waals surface area contributed by atoms with Crippen molar-refractivity contribution in [2.24, 2.45) is 5.73 Å². The van der Waals surface area contributed by atoms with Crippen LogP contribution in [-0.4, -0.2) is 11.4 Å². The van der Waals surface area contributed by atoms with Crippen molar-refractivity contribution in [3.8, 4) is 0 Å². The molecule has 4 nitrogen and oxygen atoms in total. The van der Waals surface area contributed by atoms with Crippen molar-refractivity contribution < 1.29 is 9.21 Å². The van der Waals surface area contributed by atoms with Gasteiger partial charge in [-0.15, -0.1) is 0 Å². The van der Waals surface area contributed by atoms with Gasteiger partial charge in [0.2, 0.25) is 5.91 Å². The van der Waals surface area contributed by atoms with Crippen LogP contribution in [0, 0.1) is 13.8 Å². The molecule has 0 aliphatic heterocycles. The van der Waals surface area contributed by atoms with Crippen LogP contribution in [0.1, 0.15) is 62.2 Å². The highest BCUT2D eigenvalue weighted by atomic mass is 16.3. The number of nitrogens with two attached hydrogens (primary N) is 1. The molecule has 1 amide bonds. The highest BCUT2D eigenvalue weighted by Gasteiger charge is 2.36. The van der Waals surface area contributed by atoms with Gasteiger partial charge in [0.1, 0.15) is 11.5 Å². The van der Waals surface area contributed by atoms with E-state index in [9.17, 15) is 4.79 Å². The maximum Gasteiger partial charge on any atom is 0.240 e. The first kappa shape index (κ1) is 14.1. The van der Waals surface area contributed by atoms with Gasteiger partial charge in [-0.2, -0.15) is 0 Å². The quantitative estimate of drug-likeness (QED) is 0.882. The Morgan fingerprint density at radius 1 is 1.37 bits per heavy atom. The summed E-state index contributed by atoms with van der Waals surface area (Å²) in [6.45, 7) is 5.81. The van der Waals surface area contributed by atoms with Crippen LogP contribution in [0.25, 0.3) is 0 Å². The van der Waals surface area contributed by atoms with Crippen LogP contribution in [0.15, 0.2) is 10.5 Å². The lowest BCUT2D eigenvalue weighted by Gasteiger charge is -2.33. The Balaban J connectivity index is 2.04. The van der Waals surface area contributed by atoms with Crippen molar-refractivity contribution in [1.29, 1.82) is 0 Å². The number of aryl methyl sites for hydroxylation is 2. The number of rotatable bonds is 3. The molecule has 3 N–H and O–H groups in total. The van der Waals surface area contributed by atoms with Gasteiger partial charge < -0.3 is 15.5 Å². The third-order valence-corrected chi connectivity index (χ3v) is 4.09. The zero-order valence-electron chi connectivity index (χ0n) is 12.1. The smallest absolute Gasteiger partial charge is 0.240 e. The molecule has 19 heavy (non-hydrogen) atoms. The molecule has 1 aliphatic carbocycles. The molecule has 1 aliphatic rings. The second-order valence-electron chi connectivity index (χ2n) is 5.78. The Kier molecular flexibility index (Phi) is 3.99. The Bertz CT molecular complexity index is 459. The van der Waals surface area contributed by atoms with E-state index in [1.54, 1.807) is 0 Å². The Labute approximate surface area is 114 Å². The lowest BCUT2D eigenvalue weighted by atomic mass is 9.81. The molecule has 0 aromatic carbocycles. The predicted octanol–water partition coefficient (Wildman–Crippen LogP) is 2.74. The number of amides is 1. The Morgan fingerprint density at radius 3 is 2.53 bits per heavy atom. The van der Waals surface area contributed by atoms with Crippen molar-refractivity contribution in [3.05, 3.63) is 23.2 Å². The van der Waals surface area contributed by atoms with Gasteiger partial charge in [0, 0.05) is 5.56 Å². The van der Waals surface area contributed by atoms with Gasteiger partial charge in [-0.05, 0) is 39.7 Å². The van der Waals surface area contributed by atoms with E-state index in [2.05, 4.69) is 5.32 Å². The fourth-order valence-electron chi connectivity index (χ4n) is 2.91. The van der Waals surface area contributed by atoms with Crippen LogP contribution in [0.2, 0.25) is 0 Å². The number of carbonyl (C=O) groups excluding carboxylic acids is 1. The van der Waals surface area contributed by atoms with Crippen molar-refractivity contribution in [2.75, 3.05) is 0 Å². The summed E-state index contributed by atoms with van der Waals surface area (Å²) in [6.07, 6.45) is 4.84. The van der Waals surface area contributed by atoms with Gasteiger partial charge in [-0.25, -0.2) is 0 Å². The summed E-state index contributed by atoms with van der Waals surface area (Å²) in [5.74, 6) is 1.70. The number of hydrogen-bond donors (Lipinski definition) is 2. The average molecular weight is 264 g/mol. The van der Waals surface area contributed by atoms with Gasteiger partial charge in [0.15, 0.2) is 0 Å². The molecule has 1 aromatic heterocycles. The standard InChI is InChI=1S/C15H24N2O2/c1-10-9-13(12(3)19-10)11(2)17-14(18)15(16)7-5-4-6-8-15/h9,11H,4-8,16H2,1-3H3,(H,17,18). The Morgan fingerprint density at radius 2 is 2.00 bits per heavy atom. The largest absolute Gasteiger partial charge is 0.466 e. The van der Waals surface area contributed by atoms with E-state index in [1.807, 2.05) is 26.8 Å². The number of nitrogens with one attached hydrogen (secondary N) is 1. The molecule has 4 heteroatoms. The maximum absolute atomic E-state index is 12.4. The molecule has 1 saturated carbocycles. The summed E-state index contributed by atoms with van der Waals surface area (Å²) in [5.41, 5.74) is 6.59. The van der Waals surface area contributed by atoms with Crippen LogP contribution in [0.3, 0.4) is 0 Å². The lowest BCUT2D eigenvalue weighted by molar-refractivity contribution is -0.128. The average Bonchev–Trinajstić information content (AvgIpc) is 2.69. The molecule has 0 bridgehead atoms. The second kappa shape index (κ2) is 5.37.